The fourth-order valence-corrected chi connectivity index (χ4v) is 4.63. The summed E-state index contributed by atoms with van der Waals surface area (Å²) in [5.41, 5.74) is 3.26. The molecular formula is C20H12BrClN2O4S. The normalized spacial score (nSPS) is 15.3. The van der Waals surface area contributed by atoms with Crippen molar-refractivity contribution in [1.29, 1.82) is 0 Å². The number of benzene rings is 2. The van der Waals surface area contributed by atoms with Crippen LogP contribution < -0.4 is 14.3 Å². The van der Waals surface area contributed by atoms with Crippen molar-refractivity contribution in [1.82, 2.24) is 4.57 Å². The van der Waals surface area contributed by atoms with Crippen LogP contribution in [-0.4, -0.2) is 22.7 Å². The van der Waals surface area contributed by atoms with E-state index in [1.165, 1.54) is 4.57 Å². The minimum atomic E-state index is -0.285. The lowest BCUT2D eigenvalue weighted by Crippen LogP contribution is -2.13. The first-order valence-electron chi connectivity index (χ1n) is 8.56. The zero-order valence-electron chi connectivity index (χ0n) is 14.7. The Kier molecular flexibility index (Phi) is 4.49. The van der Waals surface area contributed by atoms with Crippen molar-refractivity contribution in [3.8, 4) is 17.4 Å². The van der Waals surface area contributed by atoms with Crippen molar-refractivity contribution in [3.63, 3.8) is 0 Å². The summed E-state index contributed by atoms with van der Waals surface area (Å²) in [7, 11) is 0. The Hall–Kier alpha value is -2.55. The van der Waals surface area contributed by atoms with E-state index in [1.54, 1.807) is 24.4 Å². The van der Waals surface area contributed by atoms with Crippen LogP contribution in [-0.2, 0) is 6.54 Å². The number of hydrogen-bond donors (Lipinski definition) is 1. The van der Waals surface area contributed by atoms with Gasteiger partial charge in [-0.1, -0.05) is 38.9 Å². The fraction of sp³-hybridized carbons (Fsp3) is 0.100. The van der Waals surface area contributed by atoms with Gasteiger partial charge in [0.05, 0.1) is 17.1 Å². The first-order chi connectivity index (χ1) is 14.0. The van der Waals surface area contributed by atoms with Crippen molar-refractivity contribution < 1.29 is 14.6 Å². The smallest absolute Gasteiger partial charge is 0.310 e. The maximum Gasteiger partial charge on any atom is 0.310 e. The van der Waals surface area contributed by atoms with E-state index in [1.807, 2.05) is 18.2 Å². The molecule has 0 spiro atoms. The van der Waals surface area contributed by atoms with E-state index in [9.17, 15) is 9.90 Å². The number of fused-ring (bicyclic) bond motifs is 2. The Labute approximate surface area is 182 Å². The fourth-order valence-electron chi connectivity index (χ4n) is 3.22. The van der Waals surface area contributed by atoms with Gasteiger partial charge in [0.1, 0.15) is 0 Å². The summed E-state index contributed by atoms with van der Waals surface area (Å²) in [6, 6.07) is 9.16. The monoisotopic (exact) mass is 490 g/mol. The van der Waals surface area contributed by atoms with Crippen LogP contribution in [0.15, 0.2) is 44.6 Å². The van der Waals surface area contributed by atoms with Gasteiger partial charge in [0.2, 0.25) is 12.7 Å². The van der Waals surface area contributed by atoms with Crippen LogP contribution in [0.1, 0.15) is 16.0 Å². The molecule has 0 saturated carbocycles. The topological polar surface area (TPSA) is 73.0 Å². The zero-order valence-corrected chi connectivity index (χ0v) is 17.8. The van der Waals surface area contributed by atoms with Gasteiger partial charge in [-0.25, -0.2) is 0 Å². The van der Waals surface area contributed by atoms with Crippen molar-refractivity contribution in [2.45, 2.75) is 6.54 Å². The second-order valence-corrected chi connectivity index (χ2v) is 8.77. The van der Waals surface area contributed by atoms with E-state index >= 15 is 0 Å². The lowest BCUT2D eigenvalue weighted by molar-refractivity contribution is 0.174. The molecule has 0 aliphatic carbocycles. The quantitative estimate of drug-likeness (QED) is 0.555. The molecule has 0 bridgehead atoms. The minimum Gasteiger partial charge on any atom is -0.493 e. The molecule has 5 rings (SSSR count). The molecule has 3 aromatic rings. The number of hydrogen-bond acceptors (Lipinski definition) is 6. The first-order valence-corrected chi connectivity index (χ1v) is 10.5. The summed E-state index contributed by atoms with van der Waals surface area (Å²) in [5, 5.41) is 11.1. The van der Waals surface area contributed by atoms with Crippen LogP contribution in [0.3, 0.4) is 0 Å². The summed E-state index contributed by atoms with van der Waals surface area (Å²) in [4.78, 5) is 17.1. The third-order valence-corrected chi connectivity index (χ3v) is 6.42. The lowest BCUT2D eigenvalue weighted by atomic mass is 10.1. The number of aliphatic imine (C=N–C) groups is 1. The van der Waals surface area contributed by atoms with Crippen LogP contribution in [0.2, 0.25) is 5.02 Å². The Morgan fingerprint density at radius 3 is 2.90 bits per heavy atom. The molecule has 2 aromatic carbocycles. The Morgan fingerprint density at radius 1 is 1.28 bits per heavy atom. The number of thiazole rings is 1. The van der Waals surface area contributed by atoms with Gasteiger partial charge in [-0.05, 0) is 35.9 Å². The van der Waals surface area contributed by atoms with Crippen LogP contribution >= 0.6 is 38.9 Å². The second-order valence-electron chi connectivity index (χ2n) is 6.46. The third kappa shape index (κ3) is 3.27. The van der Waals surface area contributed by atoms with Crippen LogP contribution in [0.25, 0.3) is 11.6 Å². The van der Waals surface area contributed by atoms with Crippen molar-refractivity contribution in [2.75, 3.05) is 6.79 Å². The van der Waals surface area contributed by atoms with Crippen LogP contribution in [0, 0.1) is 0 Å². The molecule has 0 saturated heterocycles. The van der Waals surface area contributed by atoms with Gasteiger partial charge >= 0.3 is 4.87 Å². The standard InChI is InChI=1S/C20H12BrClN2O4S/c21-12-1-2-15-13(5-12)10(7-23-15)4-18-19(25)24(20(26)29-18)8-11-3-16-17(6-14(11)22)28-9-27-16/h1-7,25H,8-9H2. The first kappa shape index (κ1) is 18.5. The number of nitrogens with zero attached hydrogens (tertiary/aromatic N) is 2. The van der Waals surface area contributed by atoms with E-state index < -0.39 is 0 Å². The van der Waals surface area contributed by atoms with Gasteiger partial charge in [0, 0.05) is 32.9 Å². The van der Waals surface area contributed by atoms with Gasteiger partial charge in [0.25, 0.3) is 0 Å². The van der Waals surface area contributed by atoms with E-state index in [0.717, 1.165) is 32.6 Å². The summed E-state index contributed by atoms with van der Waals surface area (Å²) >= 11 is 10.7. The van der Waals surface area contributed by atoms with Gasteiger partial charge in [-0.2, -0.15) is 0 Å². The molecule has 146 valence electrons. The summed E-state index contributed by atoms with van der Waals surface area (Å²) < 4.78 is 12.9. The highest BCUT2D eigenvalue weighted by Gasteiger charge is 2.20. The number of halogens is 2. The maximum atomic E-state index is 12.5. The predicted octanol–water partition coefficient (Wildman–Crippen LogP) is 5.06. The molecule has 2 aliphatic rings. The van der Waals surface area contributed by atoms with Crippen molar-refractivity contribution in [2.24, 2.45) is 4.99 Å². The molecule has 3 heterocycles. The summed E-state index contributed by atoms with van der Waals surface area (Å²) in [6.45, 7) is 0.256. The lowest BCUT2D eigenvalue weighted by Gasteiger charge is -2.08. The largest absolute Gasteiger partial charge is 0.493 e. The molecule has 1 aromatic heterocycles. The SMILES string of the molecule is O=c1sc(C=C2C=Nc3ccc(Br)cc32)c(O)n1Cc1cc2c(cc1Cl)OCO2. The number of aromatic hydroxyl groups is 1. The van der Waals surface area contributed by atoms with Crippen molar-refractivity contribution >= 4 is 62.4 Å². The molecule has 29 heavy (non-hydrogen) atoms. The van der Waals surface area contributed by atoms with Crippen molar-refractivity contribution in [3.05, 3.63) is 65.5 Å². The van der Waals surface area contributed by atoms with Crippen LogP contribution in [0.5, 0.6) is 17.4 Å². The second kappa shape index (κ2) is 7.05. The average molecular weight is 492 g/mol. The van der Waals surface area contributed by atoms with E-state index in [0.29, 0.717) is 27.0 Å². The maximum absolute atomic E-state index is 12.5. The highest BCUT2D eigenvalue weighted by Crippen LogP contribution is 2.38. The van der Waals surface area contributed by atoms with E-state index in [4.69, 9.17) is 21.1 Å². The van der Waals surface area contributed by atoms with Gasteiger partial charge < -0.3 is 14.6 Å². The molecule has 0 atom stereocenters. The van der Waals surface area contributed by atoms with E-state index in [2.05, 4.69) is 20.9 Å². The molecule has 1 N–H and O–H groups in total. The molecular weight excluding hydrogens is 480 g/mol. The summed E-state index contributed by atoms with van der Waals surface area (Å²) in [5.74, 6) is 1.02. The average Bonchev–Trinajstić information content (AvgIpc) is 3.37. The van der Waals surface area contributed by atoms with E-state index in [-0.39, 0.29) is 24.1 Å². The Bertz CT molecular complexity index is 1280. The Morgan fingerprint density at radius 2 is 2.07 bits per heavy atom. The number of allylic oxidation sites excluding steroid dienone is 1. The number of ether oxygens (including phenoxy) is 2. The summed E-state index contributed by atoms with van der Waals surface area (Å²) in [6.07, 6.45) is 3.49. The number of rotatable bonds is 3. The number of aromatic nitrogens is 1. The highest BCUT2D eigenvalue weighted by atomic mass is 79.9. The minimum absolute atomic E-state index is 0.113. The molecule has 0 unspecified atom stereocenters. The Balaban J connectivity index is 1.51. The van der Waals surface area contributed by atoms with Gasteiger partial charge in [-0.3, -0.25) is 14.4 Å². The molecule has 0 radical (unpaired) electrons. The highest BCUT2D eigenvalue weighted by molar-refractivity contribution is 9.10. The van der Waals surface area contributed by atoms with Gasteiger partial charge in [0.15, 0.2) is 11.5 Å². The third-order valence-electron chi connectivity index (χ3n) is 4.66. The zero-order chi connectivity index (χ0) is 20.1. The molecule has 6 nitrogen and oxygen atoms in total. The van der Waals surface area contributed by atoms with Crippen LogP contribution in [0.4, 0.5) is 5.69 Å². The molecule has 0 amide bonds. The van der Waals surface area contributed by atoms with Gasteiger partial charge in [-0.15, -0.1) is 0 Å². The molecule has 0 fully saturated rings. The molecule has 2 aliphatic heterocycles. The predicted molar refractivity (Wildman–Crippen MR) is 117 cm³/mol. The molecule has 9 heteroatoms.